The molecule has 1 aliphatic heterocycles. The number of anilines is 1. The van der Waals surface area contributed by atoms with Gasteiger partial charge in [-0.1, -0.05) is 0 Å². The Morgan fingerprint density at radius 2 is 2.36 bits per heavy atom. The second kappa shape index (κ2) is 6.02. The number of carbonyl (C=O) groups excluding carboxylic acids is 1. The Morgan fingerprint density at radius 1 is 1.48 bits per heavy atom. The predicted octanol–water partition coefficient (Wildman–Crippen LogP) is 1.31. The van der Waals surface area contributed by atoms with Crippen molar-refractivity contribution in [2.45, 2.75) is 6.42 Å². The number of nitrogens with one attached hydrogen (secondary N) is 1. The van der Waals surface area contributed by atoms with Crippen molar-refractivity contribution in [3.8, 4) is 6.07 Å². The summed E-state index contributed by atoms with van der Waals surface area (Å²) in [5.74, 6) is 0.785. The summed E-state index contributed by atoms with van der Waals surface area (Å²) in [4.78, 5) is 24.7. The molecular weight excluding hydrogens is 318 g/mol. The van der Waals surface area contributed by atoms with Crippen LogP contribution in [0.4, 0.5) is 5.82 Å². The first-order valence-electron chi connectivity index (χ1n) is 8.12. The van der Waals surface area contributed by atoms with E-state index in [0.29, 0.717) is 12.2 Å². The smallest absolute Gasteiger partial charge is 0.228 e. The van der Waals surface area contributed by atoms with Crippen LogP contribution >= 0.6 is 0 Å². The van der Waals surface area contributed by atoms with E-state index in [0.717, 1.165) is 34.9 Å². The lowest BCUT2D eigenvalue weighted by atomic mass is 10.1. The molecule has 0 aliphatic carbocycles. The van der Waals surface area contributed by atoms with E-state index in [1.165, 1.54) is 4.90 Å². The van der Waals surface area contributed by atoms with E-state index in [9.17, 15) is 4.79 Å². The summed E-state index contributed by atoms with van der Waals surface area (Å²) in [5, 5.41) is 19.0. The summed E-state index contributed by atoms with van der Waals surface area (Å²) in [6.45, 7) is 1.47. The van der Waals surface area contributed by atoms with Gasteiger partial charge in [0.1, 0.15) is 12.4 Å². The molecule has 0 bridgehead atoms. The molecule has 3 aromatic rings. The molecule has 0 aromatic carbocycles. The highest BCUT2D eigenvalue weighted by Gasteiger charge is 2.31. The Balaban J connectivity index is 1.68. The van der Waals surface area contributed by atoms with Gasteiger partial charge in [0.05, 0.1) is 18.2 Å². The van der Waals surface area contributed by atoms with E-state index in [2.05, 4.69) is 25.1 Å². The summed E-state index contributed by atoms with van der Waals surface area (Å²) in [7, 11) is 1.67. The summed E-state index contributed by atoms with van der Waals surface area (Å²) in [5.41, 5.74) is 0.703. The highest BCUT2D eigenvalue weighted by atomic mass is 16.2. The first kappa shape index (κ1) is 15.3. The zero-order valence-corrected chi connectivity index (χ0v) is 13.8. The van der Waals surface area contributed by atoms with E-state index in [-0.39, 0.29) is 18.4 Å². The zero-order valence-electron chi connectivity index (χ0n) is 13.8. The van der Waals surface area contributed by atoms with Crippen molar-refractivity contribution in [2.24, 2.45) is 5.92 Å². The Labute approximate surface area is 144 Å². The largest absolute Gasteiger partial charge is 0.356 e. The van der Waals surface area contributed by atoms with Crippen LogP contribution in [0.2, 0.25) is 0 Å². The zero-order chi connectivity index (χ0) is 17.4. The number of nitrogens with zero attached hydrogens (tertiary/aromatic N) is 6. The lowest BCUT2D eigenvalue weighted by molar-refractivity contribution is -0.132. The van der Waals surface area contributed by atoms with Crippen LogP contribution < -0.4 is 4.90 Å². The summed E-state index contributed by atoms with van der Waals surface area (Å²) >= 11 is 0. The SMILES string of the molecule is CN(CC#N)C(=O)C1CCN(c2[nH]ncc3cnc4nccc4c23)C1. The summed E-state index contributed by atoms with van der Waals surface area (Å²) in [6, 6.07) is 3.96. The number of aromatic nitrogens is 4. The van der Waals surface area contributed by atoms with Gasteiger partial charge in [-0.3, -0.25) is 9.89 Å². The van der Waals surface area contributed by atoms with Gasteiger partial charge in [-0.05, 0) is 12.5 Å². The second-order valence-corrected chi connectivity index (χ2v) is 6.27. The molecule has 1 fully saturated rings. The standard InChI is InChI=1S/C17H17N7O/c1-23(7-4-18)17(25)11-3-6-24(10-11)16-14-12(9-21-22-16)8-20-15-13(14)2-5-19-15/h2,5,8-9,11,22H,3,6-7,10H2,1H3. The van der Waals surface area contributed by atoms with Crippen molar-refractivity contribution < 1.29 is 4.79 Å². The maximum absolute atomic E-state index is 12.4. The quantitative estimate of drug-likeness (QED) is 0.724. The molecule has 25 heavy (non-hydrogen) atoms. The molecule has 1 unspecified atom stereocenters. The number of hydrogen-bond donors (Lipinski definition) is 1. The Bertz CT molecular complexity index is 989. The molecule has 8 nitrogen and oxygen atoms in total. The number of carbonyl (C=O) groups is 1. The maximum Gasteiger partial charge on any atom is 0.228 e. The van der Waals surface area contributed by atoms with Gasteiger partial charge in [0, 0.05) is 48.7 Å². The highest BCUT2D eigenvalue weighted by Crippen LogP contribution is 2.32. The first-order valence-corrected chi connectivity index (χ1v) is 8.12. The van der Waals surface area contributed by atoms with E-state index in [1.807, 2.05) is 12.1 Å². The van der Waals surface area contributed by atoms with E-state index in [4.69, 9.17) is 5.26 Å². The highest BCUT2D eigenvalue weighted by molar-refractivity contribution is 6.10. The van der Waals surface area contributed by atoms with Crippen molar-refractivity contribution in [2.75, 3.05) is 31.6 Å². The lowest BCUT2D eigenvalue weighted by Gasteiger charge is -2.21. The number of rotatable bonds is 3. The predicted molar refractivity (Wildman–Crippen MR) is 92.8 cm³/mol. The van der Waals surface area contributed by atoms with Crippen LogP contribution in [-0.4, -0.2) is 57.7 Å². The number of H-pyrrole nitrogens is 1. The van der Waals surface area contributed by atoms with E-state index >= 15 is 0 Å². The molecular formula is C17H17N7O. The summed E-state index contributed by atoms with van der Waals surface area (Å²) in [6.07, 6.45) is 6.02. The summed E-state index contributed by atoms with van der Waals surface area (Å²) < 4.78 is 0. The molecule has 3 aromatic heterocycles. The van der Waals surface area contributed by atoms with Crippen molar-refractivity contribution in [3.63, 3.8) is 0 Å². The molecule has 0 saturated carbocycles. The van der Waals surface area contributed by atoms with Crippen molar-refractivity contribution in [3.05, 3.63) is 24.7 Å². The van der Waals surface area contributed by atoms with Crippen molar-refractivity contribution in [1.29, 1.82) is 5.26 Å². The number of nitriles is 1. The number of pyridine rings is 1. The number of fused-ring (bicyclic) bond motifs is 3. The number of amides is 1. The van der Waals surface area contributed by atoms with Crippen LogP contribution in [0.15, 0.2) is 24.7 Å². The average molecular weight is 335 g/mol. The molecule has 0 radical (unpaired) electrons. The van der Waals surface area contributed by atoms with Gasteiger partial charge in [0.25, 0.3) is 0 Å². The van der Waals surface area contributed by atoms with Gasteiger partial charge in [0.15, 0.2) is 5.65 Å². The molecule has 1 saturated heterocycles. The van der Waals surface area contributed by atoms with E-state index < -0.39 is 0 Å². The molecule has 4 heterocycles. The van der Waals surface area contributed by atoms with Crippen LogP contribution in [0.1, 0.15) is 6.42 Å². The lowest BCUT2D eigenvalue weighted by Crippen LogP contribution is -2.35. The van der Waals surface area contributed by atoms with Gasteiger partial charge >= 0.3 is 0 Å². The second-order valence-electron chi connectivity index (χ2n) is 6.27. The normalized spacial score (nSPS) is 17.1. The molecule has 4 rings (SSSR count). The Morgan fingerprint density at radius 3 is 3.20 bits per heavy atom. The van der Waals surface area contributed by atoms with Crippen molar-refractivity contribution >= 4 is 33.5 Å². The van der Waals surface area contributed by atoms with Gasteiger partial charge < -0.3 is 9.80 Å². The minimum absolute atomic E-state index is 0.0130. The molecule has 0 spiro atoms. The third-order valence-corrected chi connectivity index (χ3v) is 4.71. The van der Waals surface area contributed by atoms with Gasteiger partial charge in [-0.2, -0.15) is 10.4 Å². The van der Waals surface area contributed by atoms with Crippen LogP contribution in [0.25, 0.3) is 21.8 Å². The first-order chi connectivity index (χ1) is 12.2. The third kappa shape index (κ3) is 2.54. The van der Waals surface area contributed by atoms with Crippen LogP contribution in [0, 0.1) is 17.2 Å². The van der Waals surface area contributed by atoms with Crippen molar-refractivity contribution in [1.82, 2.24) is 25.1 Å². The molecule has 1 amide bonds. The topological polar surface area (TPSA) is 102 Å². The van der Waals surface area contributed by atoms with Crippen LogP contribution in [0.5, 0.6) is 0 Å². The maximum atomic E-state index is 12.4. The fourth-order valence-electron chi connectivity index (χ4n) is 3.45. The number of hydrogen-bond acceptors (Lipinski definition) is 6. The monoisotopic (exact) mass is 335 g/mol. The fraction of sp³-hybridized carbons (Fsp3) is 0.353. The molecule has 1 N–H and O–H groups in total. The average Bonchev–Trinajstić information content (AvgIpc) is 3.30. The molecule has 126 valence electrons. The fourth-order valence-corrected chi connectivity index (χ4v) is 3.45. The Kier molecular flexibility index (Phi) is 3.69. The van der Waals surface area contributed by atoms with Crippen LogP contribution in [-0.2, 0) is 4.79 Å². The molecule has 8 heteroatoms. The van der Waals surface area contributed by atoms with Gasteiger partial charge in [0.2, 0.25) is 5.91 Å². The number of aromatic amines is 1. The van der Waals surface area contributed by atoms with E-state index in [1.54, 1.807) is 25.6 Å². The minimum atomic E-state index is -0.114. The molecule has 1 aliphatic rings. The molecule has 1 atom stereocenters. The van der Waals surface area contributed by atoms with Crippen LogP contribution in [0.3, 0.4) is 0 Å². The minimum Gasteiger partial charge on any atom is -0.356 e. The van der Waals surface area contributed by atoms with Gasteiger partial charge in [-0.15, -0.1) is 0 Å². The Hall–Kier alpha value is -3.21. The van der Waals surface area contributed by atoms with Gasteiger partial charge in [-0.25, -0.2) is 9.97 Å². The third-order valence-electron chi connectivity index (χ3n) is 4.71.